The van der Waals surface area contributed by atoms with Crippen LogP contribution in [0.25, 0.3) is 0 Å². The Hall–Kier alpha value is -2.00. The summed E-state index contributed by atoms with van der Waals surface area (Å²) in [6.45, 7) is 8.68. The monoisotopic (exact) mass is 501 g/mol. The Morgan fingerprint density at radius 2 is 1.89 bits per heavy atom. The zero-order chi connectivity index (χ0) is 25.6. The smallest absolute Gasteiger partial charge is 0.122 e. The summed E-state index contributed by atoms with van der Waals surface area (Å²) in [5.41, 5.74) is 6.23. The fourth-order valence-corrected chi connectivity index (χ4v) is 9.38. The van der Waals surface area contributed by atoms with E-state index < -0.39 is 0 Å². The molecule has 5 unspecified atom stereocenters. The lowest BCUT2D eigenvalue weighted by Gasteiger charge is -2.53. The minimum Gasteiger partial charge on any atom is -0.508 e. The fraction of sp³-hybridized carbons (Fsp3) is 0.647. The number of hydrogen-bond donors (Lipinski definition) is 1. The first kappa shape index (κ1) is 25.3. The van der Waals surface area contributed by atoms with Crippen LogP contribution < -0.4 is 4.74 Å². The fourth-order valence-electron chi connectivity index (χ4n) is 9.38. The maximum Gasteiger partial charge on any atom is 0.122 e. The maximum absolute atomic E-state index is 10.1. The van der Waals surface area contributed by atoms with Crippen LogP contribution in [0.2, 0.25) is 0 Å². The average molecular weight is 502 g/mol. The van der Waals surface area contributed by atoms with E-state index in [4.69, 9.17) is 4.74 Å². The molecule has 2 aromatic carbocycles. The molecule has 4 aliphatic rings. The lowest BCUT2D eigenvalue weighted by atomic mass is 9.51. The number of aromatic hydroxyl groups is 1. The molecular formula is C34H47NO2. The predicted molar refractivity (Wildman–Crippen MR) is 151 cm³/mol. The molecule has 3 fully saturated rings. The Labute approximate surface area is 224 Å². The van der Waals surface area contributed by atoms with Gasteiger partial charge in [-0.25, -0.2) is 0 Å². The van der Waals surface area contributed by atoms with Gasteiger partial charge in [0.25, 0.3) is 0 Å². The van der Waals surface area contributed by atoms with Crippen LogP contribution in [0, 0.1) is 29.1 Å². The average Bonchev–Trinajstić information content (AvgIpc) is 3.52. The molecule has 3 heteroatoms. The molecule has 1 aliphatic heterocycles. The van der Waals surface area contributed by atoms with Crippen molar-refractivity contribution >= 4 is 0 Å². The summed E-state index contributed by atoms with van der Waals surface area (Å²) < 4.78 is 5.85. The molecule has 2 aromatic rings. The van der Waals surface area contributed by atoms with E-state index in [2.05, 4.69) is 43.0 Å². The number of methoxy groups -OCH3 is 1. The van der Waals surface area contributed by atoms with Gasteiger partial charge in [-0.15, -0.1) is 0 Å². The quantitative estimate of drug-likeness (QED) is 0.421. The Bertz CT molecular complexity index is 1100. The molecule has 200 valence electrons. The van der Waals surface area contributed by atoms with Crippen molar-refractivity contribution in [3.05, 3.63) is 58.7 Å². The number of nitrogens with zero attached hydrogens (tertiary/aromatic N) is 1. The lowest BCUT2D eigenvalue weighted by Crippen LogP contribution is -2.45. The van der Waals surface area contributed by atoms with Crippen molar-refractivity contribution in [2.45, 2.75) is 90.5 Å². The lowest BCUT2D eigenvalue weighted by molar-refractivity contribution is 0.00334. The maximum atomic E-state index is 10.1. The molecule has 2 saturated carbocycles. The van der Waals surface area contributed by atoms with Gasteiger partial charge >= 0.3 is 0 Å². The van der Waals surface area contributed by atoms with Gasteiger partial charge in [-0.3, -0.25) is 4.90 Å². The summed E-state index contributed by atoms with van der Waals surface area (Å²) in [6.07, 6.45) is 13.1. The van der Waals surface area contributed by atoms with Gasteiger partial charge in [0.15, 0.2) is 0 Å². The summed E-state index contributed by atoms with van der Waals surface area (Å²) in [5.74, 6) is 5.45. The number of rotatable bonds is 7. The molecule has 1 heterocycles. The van der Waals surface area contributed by atoms with E-state index in [1.54, 1.807) is 5.56 Å². The summed E-state index contributed by atoms with van der Waals surface area (Å²) in [4.78, 5) is 2.57. The van der Waals surface area contributed by atoms with Crippen molar-refractivity contribution in [3.63, 3.8) is 0 Å². The predicted octanol–water partition coefficient (Wildman–Crippen LogP) is 7.74. The van der Waals surface area contributed by atoms with Crippen LogP contribution >= 0.6 is 0 Å². The van der Waals surface area contributed by atoms with Crippen LogP contribution in [0.15, 0.2) is 36.4 Å². The number of fused-ring (bicyclic) bond motifs is 5. The van der Waals surface area contributed by atoms with Gasteiger partial charge in [0.1, 0.15) is 11.5 Å². The van der Waals surface area contributed by atoms with E-state index in [1.165, 1.54) is 81.1 Å². The van der Waals surface area contributed by atoms with Crippen molar-refractivity contribution < 1.29 is 9.84 Å². The van der Waals surface area contributed by atoms with Gasteiger partial charge in [0, 0.05) is 6.54 Å². The van der Waals surface area contributed by atoms with Crippen molar-refractivity contribution in [1.29, 1.82) is 0 Å². The number of ether oxygens (including phenoxy) is 1. The first-order chi connectivity index (χ1) is 18.0. The number of phenols is 1. The highest BCUT2D eigenvalue weighted by Crippen LogP contribution is 2.64. The van der Waals surface area contributed by atoms with E-state index in [1.807, 2.05) is 19.2 Å². The first-order valence-electron chi connectivity index (χ1n) is 15.2. The van der Waals surface area contributed by atoms with Crippen LogP contribution in [-0.4, -0.2) is 30.2 Å². The second kappa shape index (κ2) is 10.3. The molecule has 1 saturated heterocycles. The third kappa shape index (κ3) is 4.71. The molecule has 0 amide bonds. The zero-order valence-corrected chi connectivity index (χ0v) is 23.3. The van der Waals surface area contributed by atoms with Gasteiger partial charge in [-0.2, -0.15) is 0 Å². The highest BCUT2D eigenvalue weighted by Gasteiger charge is 2.55. The van der Waals surface area contributed by atoms with E-state index in [9.17, 15) is 5.11 Å². The standard InChI is InChI=1S/C34H47NO2/c1-23-19-26-21-28(36)12-13-29(26)30-15-16-34(2)27(11-14-31(34)33(23)30)8-6-7-25-10-9-24(20-32(25)37-3)22-35-17-4-5-18-35/h9-10,12-13,20-21,23,27,30-31,33,36H,4-8,11,14-19,22H2,1-3H3/t23-,27?,30?,31?,33?,34?/m1/s1. The molecule has 0 bridgehead atoms. The van der Waals surface area contributed by atoms with Crippen LogP contribution in [-0.2, 0) is 19.4 Å². The molecule has 37 heavy (non-hydrogen) atoms. The Balaban J connectivity index is 1.10. The number of hydrogen-bond acceptors (Lipinski definition) is 3. The second-order valence-corrected chi connectivity index (χ2v) is 13.2. The van der Waals surface area contributed by atoms with Crippen molar-refractivity contribution in [3.8, 4) is 11.5 Å². The molecule has 3 nitrogen and oxygen atoms in total. The van der Waals surface area contributed by atoms with Gasteiger partial charge in [-0.1, -0.05) is 32.0 Å². The second-order valence-electron chi connectivity index (χ2n) is 13.2. The molecule has 0 radical (unpaired) electrons. The Morgan fingerprint density at radius 3 is 2.70 bits per heavy atom. The minimum atomic E-state index is 0.434. The van der Waals surface area contributed by atoms with Gasteiger partial charge in [-0.05, 0) is 153 Å². The molecular weight excluding hydrogens is 454 g/mol. The van der Waals surface area contributed by atoms with Crippen molar-refractivity contribution in [1.82, 2.24) is 4.90 Å². The minimum absolute atomic E-state index is 0.434. The molecule has 0 spiro atoms. The van der Waals surface area contributed by atoms with E-state index >= 15 is 0 Å². The first-order valence-corrected chi connectivity index (χ1v) is 15.2. The Kier molecular flexibility index (Phi) is 7.03. The normalized spacial score (nSPS) is 33.1. The van der Waals surface area contributed by atoms with Crippen LogP contribution in [0.1, 0.15) is 93.4 Å². The topological polar surface area (TPSA) is 32.7 Å². The van der Waals surface area contributed by atoms with Gasteiger partial charge in [0.2, 0.25) is 0 Å². The van der Waals surface area contributed by atoms with Gasteiger partial charge < -0.3 is 9.84 Å². The largest absolute Gasteiger partial charge is 0.508 e. The molecule has 0 aromatic heterocycles. The van der Waals surface area contributed by atoms with Crippen molar-refractivity contribution in [2.75, 3.05) is 20.2 Å². The third-order valence-corrected chi connectivity index (χ3v) is 11.2. The molecule has 6 rings (SSSR count). The van der Waals surface area contributed by atoms with Gasteiger partial charge in [0.05, 0.1) is 7.11 Å². The van der Waals surface area contributed by atoms with E-state index in [0.29, 0.717) is 23.0 Å². The number of likely N-dealkylation sites (tertiary alicyclic amines) is 1. The zero-order valence-electron chi connectivity index (χ0n) is 23.3. The number of benzene rings is 2. The summed E-state index contributed by atoms with van der Waals surface area (Å²) >= 11 is 0. The molecule has 3 aliphatic carbocycles. The van der Waals surface area contributed by atoms with Crippen LogP contribution in [0.5, 0.6) is 11.5 Å². The summed E-state index contributed by atoms with van der Waals surface area (Å²) in [7, 11) is 1.84. The van der Waals surface area contributed by atoms with Crippen LogP contribution in [0.3, 0.4) is 0 Å². The summed E-state index contributed by atoms with van der Waals surface area (Å²) in [6, 6.07) is 13.2. The number of aryl methyl sites for hydroxylation is 1. The van der Waals surface area contributed by atoms with E-state index in [0.717, 1.165) is 42.9 Å². The van der Waals surface area contributed by atoms with Crippen LogP contribution in [0.4, 0.5) is 0 Å². The Morgan fingerprint density at radius 1 is 1.05 bits per heavy atom. The van der Waals surface area contributed by atoms with E-state index in [-0.39, 0.29) is 0 Å². The summed E-state index contributed by atoms with van der Waals surface area (Å²) in [5, 5.41) is 10.1. The molecule has 6 atom stereocenters. The highest BCUT2D eigenvalue weighted by molar-refractivity contribution is 5.41. The highest BCUT2D eigenvalue weighted by atomic mass is 16.5. The SMILES string of the molecule is COc1cc(CN2CCCC2)ccc1CCCC1CCC2C3C(CCC12C)c1ccc(O)cc1C[C@H]3C. The number of phenolic OH excluding ortho intramolecular Hbond substituents is 1. The van der Waals surface area contributed by atoms with Crippen molar-refractivity contribution in [2.24, 2.45) is 29.1 Å². The third-order valence-electron chi connectivity index (χ3n) is 11.2. The molecule has 1 N–H and O–H groups in total.